The lowest BCUT2D eigenvalue weighted by Gasteiger charge is -2.20. The van der Waals surface area contributed by atoms with Gasteiger partial charge >= 0.3 is 0 Å². The van der Waals surface area contributed by atoms with E-state index in [1.54, 1.807) is 7.11 Å². The molecule has 0 aliphatic heterocycles. The van der Waals surface area contributed by atoms with Gasteiger partial charge in [0.2, 0.25) is 0 Å². The van der Waals surface area contributed by atoms with Gasteiger partial charge in [0.1, 0.15) is 0 Å². The van der Waals surface area contributed by atoms with Crippen LogP contribution in [-0.4, -0.2) is 38.3 Å². The Balaban J connectivity index is 2.60. The van der Waals surface area contributed by atoms with Gasteiger partial charge in [0.05, 0.1) is 19.2 Å². The fourth-order valence-corrected chi connectivity index (χ4v) is 1.80. The zero-order valence-electron chi connectivity index (χ0n) is 11.9. The van der Waals surface area contributed by atoms with E-state index in [9.17, 15) is 0 Å². The number of rotatable bonds is 7. The van der Waals surface area contributed by atoms with Gasteiger partial charge < -0.3 is 10.5 Å². The molecule has 4 nitrogen and oxygen atoms in total. The number of hydrogen-bond donors (Lipinski definition) is 1. The topological polar surface area (TPSA) is 62.3 Å². The van der Waals surface area contributed by atoms with Crippen molar-refractivity contribution in [3.05, 3.63) is 35.4 Å². The fraction of sp³-hybridized carbons (Fsp3) is 0.438. The molecule has 2 N–H and O–H groups in total. The van der Waals surface area contributed by atoms with Crippen LogP contribution in [0.15, 0.2) is 24.3 Å². The van der Waals surface area contributed by atoms with Crippen LogP contribution in [0.25, 0.3) is 0 Å². The van der Waals surface area contributed by atoms with Crippen LogP contribution in [0.2, 0.25) is 0 Å². The van der Waals surface area contributed by atoms with Gasteiger partial charge in [0.15, 0.2) is 0 Å². The summed E-state index contributed by atoms with van der Waals surface area (Å²) in [6, 6.07) is 10.3. The summed E-state index contributed by atoms with van der Waals surface area (Å²) in [4.78, 5) is 2.22. The van der Waals surface area contributed by atoms with Gasteiger partial charge in [-0.15, -0.1) is 0 Å². The third-order valence-electron chi connectivity index (χ3n) is 2.85. The fourth-order valence-electron chi connectivity index (χ4n) is 1.80. The second-order valence-corrected chi connectivity index (χ2v) is 4.38. The van der Waals surface area contributed by atoms with E-state index in [-0.39, 0.29) is 0 Å². The first kappa shape index (κ1) is 16.2. The zero-order chi connectivity index (χ0) is 14.6. The van der Waals surface area contributed by atoms with Crippen molar-refractivity contribution in [1.82, 2.24) is 4.90 Å². The van der Waals surface area contributed by atoms with Crippen LogP contribution in [0.1, 0.15) is 17.5 Å². The van der Waals surface area contributed by atoms with E-state index in [0.29, 0.717) is 19.6 Å². The van der Waals surface area contributed by atoms with Crippen LogP contribution in [0, 0.1) is 23.2 Å². The number of ether oxygens (including phenoxy) is 1. The third-order valence-corrected chi connectivity index (χ3v) is 2.85. The highest BCUT2D eigenvalue weighted by Gasteiger charge is 2.05. The highest BCUT2D eigenvalue weighted by Crippen LogP contribution is 2.07. The van der Waals surface area contributed by atoms with Gasteiger partial charge in [-0.1, -0.05) is 24.0 Å². The molecule has 0 aliphatic carbocycles. The van der Waals surface area contributed by atoms with Crippen molar-refractivity contribution in [3.63, 3.8) is 0 Å². The Morgan fingerprint density at radius 3 is 2.60 bits per heavy atom. The van der Waals surface area contributed by atoms with Gasteiger partial charge in [0.25, 0.3) is 0 Å². The second-order valence-electron chi connectivity index (χ2n) is 4.38. The molecule has 4 heteroatoms. The van der Waals surface area contributed by atoms with Crippen LogP contribution >= 0.6 is 0 Å². The van der Waals surface area contributed by atoms with Gasteiger partial charge in [-0.25, -0.2) is 0 Å². The number of nitrogens with zero attached hydrogens (tertiary/aromatic N) is 2. The largest absolute Gasteiger partial charge is 0.383 e. The van der Waals surface area contributed by atoms with Crippen LogP contribution < -0.4 is 5.73 Å². The van der Waals surface area contributed by atoms with Crippen molar-refractivity contribution in [2.45, 2.75) is 13.0 Å². The van der Waals surface area contributed by atoms with Crippen LogP contribution in [0.5, 0.6) is 0 Å². The van der Waals surface area contributed by atoms with Crippen molar-refractivity contribution >= 4 is 0 Å². The summed E-state index contributed by atoms with van der Waals surface area (Å²) in [6.07, 6.45) is 0.532. The molecule has 0 bridgehead atoms. The molecule has 106 valence electrons. The van der Waals surface area contributed by atoms with E-state index in [2.05, 4.69) is 34.9 Å². The Morgan fingerprint density at radius 2 is 2.00 bits per heavy atom. The Hall–Kier alpha value is -1.85. The molecule has 0 heterocycles. The van der Waals surface area contributed by atoms with Crippen LogP contribution in [-0.2, 0) is 11.3 Å². The predicted molar refractivity (Wildman–Crippen MR) is 79.8 cm³/mol. The number of nitriles is 1. The molecule has 0 unspecified atom stereocenters. The first-order chi connectivity index (χ1) is 9.80. The van der Waals surface area contributed by atoms with E-state index in [4.69, 9.17) is 15.7 Å². The minimum atomic E-state index is 0.376. The third kappa shape index (κ3) is 6.36. The molecule has 0 aromatic heterocycles. The standard InChI is InChI=1S/C16H21N3O/c1-20-13-12-19(11-3-10-18)14-16-7-5-15(6-8-16)4-2-9-17/h5-8H,3,9,11-14,17H2,1H3. The molecule has 0 saturated carbocycles. The van der Waals surface area contributed by atoms with Gasteiger partial charge in [-0.2, -0.15) is 5.26 Å². The summed E-state index contributed by atoms with van der Waals surface area (Å²) in [5.74, 6) is 5.84. The zero-order valence-corrected chi connectivity index (χ0v) is 11.9. The molecule has 1 aromatic carbocycles. The number of hydrogen-bond acceptors (Lipinski definition) is 4. The van der Waals surface area contributed by atoms with Gasteiger partial charge in [0, 0.05) is 38.7 Å². The average Bonchev–Trinajstić information content (AvgIpc) is 2.49. The minimum absolute atomic E-state index is 0.376. The number of methoxy groups -OCH3 is 1. The molecule has 1 rings (SSSR count). The Morgan fingerprint density at radius 1 is 1.25 bits per heavy atom. The van der Waals surface area contributed by atoms with E-state index in [1.807, 2.05) is 12.1 Å². The quantitative estimate of drug-likeness (QED) is 0.761. The van der Waals surface area contributed by atoms with Crippen LogP contribution in [0.3, 0.4) is 0 Å². The van der Waals surface area contributed by atoms with Gasteiger partial charge in [-0.3, -0.25) is 4.90 Å². The maximum Gasteiger partial charge on any atom is 0.0635 e. The summed E-state index contributed by atoms with van der Waals surface area (Å²) < 4.78 is 5.10. The normalized spacial score (nSPS) is 9.90. The molecule has 1 aromatic rings. The van der Waals surface area contributed by atoms with E-state index in [1.165, 1.54) is 5.56 Å². The molecule has 0 saturated heterocycles. The molecule has 0 aliphatic rings. The molecule has 0 radical (unpaired) electrons. The SMILES string of the molecule is COCCN(CCC#N)Cc1ccc(C#CCN)cc1. The molecular formula is C16H21N3O. The molecule has 0 spiro atoms. The summed E-state index contributed by atoms with van der Waals surface area (Å²) in [5.41, 5.74) is 7.52. The first-order valence-corrected chi connectivity index (χ1v) is 6.66. The highest BCUT2D eigenvalue weighted by atomic mass is 16.5. The highest BCUT2D eigenvalue weighted by molar-refractivity contribution is 5.36. The van der Waals surface area contributed by atoms with Crippen molar-refractivity contribution in [2.75, 3.05) is 33.4 Å². The lowest BCUT2D eigenvalue weighted by Crippen LogP contribution is -2.27. The molecule has 0 amide bonds. The van der Waals surface area contributed by atoms with E-state index < -0.39 is 0 Å². The van der Waals surface area contributed by atoms with Crippen molar-refractivity contribution in [2.24, 2.45) is 5.73 Å². The lowest BCUT2D eigenvalue weighted by atomic mass is 10.1. The number of benzene rings is 1. The average molecular weight is 271 g/mol. The molecular weight excluding hydrogens is 250 g/mol. The molecule has 20 heavy (non-hydrogen) atoms. The predicted octanol–water partition coefficient (Wildman–Crippen LogP) is 1.36. The Labute approximate surface area is 121 Å². The summed E-state index contributed by atoms with van der Waals surface area (Å²) in [5, 5.41) is 8.69. The monoisotopic (exact) mass is 271 g/mol. The van der Waals surface area contributed by atoms with Crippen molar-refractivity contribution < 1.29 is 4.74 Å². The van der Waals surface area contributed by atoms with Crippen LogP contribution in [0.4, 0.5) is 0 Å². The smallest absolute Gasteiger partial charge is 0.0635 e. The number of nitrogens with two attached hydrogens (primary N) is 1. The second kappa shape index (κ2) is 10.00. The summed E-state index contributed by atoms with van der Waals surface area (Å²) >= 11 is 0. The van der Waals surface area contributed by atoms with E-state index in [0.717, 1.165) is 25.2 Å². The Bertz CT molecular complexity index is 479. The minimum Gasteiger partial charge on any atom is -0.383 e. The maximum atomic E-state index is 8.69. The van der Waals surface area contributed by atoms with Gasteiger partial charge in [-0.05, 0) is 17.7 Å². The summed E-state index contributed by atoms with van der Waals surface area (Å²) in [6.45, 7) is 3.45. The first-order valence-electron chi connectivity index (χ1n) is 6.66. The molecule has 0 fully saturated rings. The van der Waals surface area contributed by atoms with E-state index >= 15 is 0 Å². The Kier molecular flexibility index (Phi) is 8.10. The summed E-state index contributed by atoms with van der Waals surface area (Å²) in [7, 11) is 1.69. The maximum absolute atomic E-state index is 8.69. The molecule has 0 atom stereocenters. The van der Waals surface area contributed by atoms with Crippen molar-refractivity contribution in [1.29, 1.82) is 5.26 Å². The van der Waals surface area contributed by atoms with Crippen molar-refractivity contribution in [3.8, 4) is 17.9 Å². The lowest BCUT2D eigenvalue weighted by molar-refractivity contribution is 0.145.